The average Bonchev–Trinajstić information content (AvgIpc) is 4.14. The van der Waals surface area contributed by atoms with Gasteiger partial charge in [0.15, 0.2) is 0 Å². The Bertz CT molecular complexity index is 2910. The van der Waals surface area contributed by atoms with Crippen molar-refractivity contribution in [1.29, 1.82) is 0 Å². The Hall–Kier alpha value is -6.52. The van der Waals surface area contributed by atoms with Gasteiger partial charge in [-0.15, -0.1) is 11.3 Å². The quantitative estimate of drug-likeness (QED) is 0.0517. The van der Waals surface area contributed by atoms with Gasteiger partial charge in [-0.2, -0.15) is 8.78 Å². The number of para-hydroxylation sites is 1. The van der Waals surface area contributed by atoms with E-state index in [0.29, 0.717) is 52.8 Å². The number of imide groups is 1. The summed E-state index contributed by atoms with van der Waals surface area (Å²) in [4.78, 5) is 117. The highest BCUT2D eigenvalue weighted by molar-refractivity contribution is 7.52. The molecule has 3 fully saturated rings. The highest BCUT2D eigenvalue weighted by Gasteiger charge is 2.51. The van der Waals surface area contributed by atoms with E-state index in [0.717, 1.165) is 23.5 Å². The van der Waals surface area contributed by atoms with Crippen LogP contribution < -0.4 is 20.7 Å². The van der Waals surface area contributed by atoms with Crippen LogP contribution in [0.25, 0.3) is 10.1 Å². The second kappa shape index (κ2) is 20.3. The monoisotopic (exact) mass is 1010 g/mol. The molecule has 0 spiro atoms. The first-order valence-corrected chi connectivity index (χ1v) is 25.7. The Morgan fingerprint density at radius 1 is 0.972 bits per heavy atom. The van der Waals surface area contributed by atoms with Crippen LogP contribution in [-0.4, -0.2) is 116 Å². The molecule has 17 nitrogen and oxygen atoms in total. The number of carbonyl (C=O) groups is 7. The van der Waals surface area contributed by atoms with Gasteiger partial charge in [-0.3, -0.25) is 43.4 Å². The number of hydrogen-bond acceptors (Lipinski definition) is 10. The van der Waals surface area contributed by atoms with Gasteiger partial charge in [-0.1, -0.05) is 62.9 Å². The zero-order valence-corrected chi connectivity index (χ0v) is 40.8. The van der Waals surface area contributed by atoms with Crippen molar-refractivity contribution < 1.29 is 61.4 Å². The number of rotatable bonds is 13. The first kappa shape index (κ1) is 50.9. The Morgan fingerprint density at radius 2 is 1.73 bits per heavy atom. The average molecular weight is 1020 g/mol. The summed E-state index contributed by atoms with van der Waals surface area (Å²) in [7, 11) is -5.84. The maximum atomic E-state index is 14.7. The number of thiophene rings is 1. The normalized spacial score (nSPS) is 20.8. The van der Waals surface area contributed by atoms with Crippen LogP contribution in [0.5, 0.6) is 5.75 Å². The molecule has 8 rings (SSSR count). The van der Waals surface area contributed by atoms with Crippen LogP contribution in [0.2, 0.25) is 0 Å². The van der Waals surface area contributed by atoms with E-state index < -0.39 is 84.0 Å². The summed E-state index contributed by atoms with van der Waals surface area (Å²) < 4.78 is 47.2. The van der Waals surface area contributed by atoms with Gasteiger partial charge in [-0.25, -0.2) is 0 Å². The molecule has 0 aliphatic carbocycles. The maximum Gasteiger partial charge on any atom is 0.399 e. The molecule has 21 heteroatoms. The molecule has 3 aromatic carbocycles. The summed E-state index contributed by atoms with van der Waals surface area (Å²) in [6.07, 6.45) is 1.63. The molecule has 4 aromatic rings. The molecule has 71 heavy (non-hydrogen) atoms. The van der Waals surface area contributed by atoms with Crippen LogP contribution in [0, 0.1) is 17.3 Å². The van der Waals surface area contributed by atoms with Crippen molar-refractivity contribution in [3.8, 4) is 17.6 Å². The molecule has 374 valence electrons. The number of benzene rings is 3. The molecule has 5 N–H and O–H groups in total. The van der Waals surface area contributed by atoms with Crippen molar-refractivity contribution in [1.82, 2.24) is 30.7 Å². The van der Waals surface area contributed by atoms with E-state index in [1.807, 2.05) is 6.07 Å². The smallest absolute Gasteiger partial charge is 0.399 e. The van der Waals surface area contributed by atoms with Crippen LogP contribution in [0.15, 0.2) is 72.8 Å². The third-order valence-corrected chi connectivity index (χ3v) is 15.2. The third kappa shape index (κ3) is 10.7. The second-order valence-electron chi connectivity index (χ2n) is 19.1. The van der Waals surface area contributed by atoms with Gasteiger partial charge in [0.05, 0.1) is 11.4 Å². The van der Waals surface area contributed by atoms with Crippen LogP contribution in [0.1, 0.15) is 102 Å². The number of hydrogen-bond donors (Lipinski definition) is 5. The van der Waals surface area contributed by atoms with Gasteiger partial charge in [0, 0.05) is 60.3 Å². The first-order chi connectivity index (χ1) is 33.6. The fourth-order valence-corrected chi connectivity index (χ4v) is 10.9. The molecule has 0 saturated carbocycles. The highest BCUT2D eigenvalue weighted by Crippen LogP contribution is 2.59. The number of amides is 7. The number of fused-ring (bicyclic) bond motifs is 2. The molecule has 4 aliphatic rings. The fraction of sp³-hybridized carbons (Fsp3) is 0.420. The molecular weight excluding hydrogens is 962 g/mol. The van der Waals surface area contributed by atoms with E-state index in [2.05, 4.69) is 27.8 Å². The minimum atomic E-state index is -5.84. The number of piperidine rings is 1. The minimum Gasteiger partial charge on any atom is -0.488 e. The van der Waals surface area contributed by atoms with Crippen LogP contribution in [-0.2, 0) is 40.7 Å². The van der Waals surface area contributed by atoms with Gasteiger partial charge in [0.25, 0.3) is 11.8 Å². The van der Waals surface area contributed by atoms with E-state index in [-0.39, 0.29) is 67.5 Å². The number of carbonyl (C=O) groups excluding carboxylic acids is 7. The Morgan fingerprint density at radius 3 is 2.45 bits per heavy atom. The Labute approximate surface area is 411 Å². The predicted octanol–water partition coefficient (Wildman–Crippen LogP) is 5.02. The number of likely N-dealkylation sites (tertiary alicyclic amines) is 2. The number of nitrogens with zero attached hydrogens (tertiary/aromatic N) is 3. The molecule has 5 heterocycles. The van der Waals surface area contributed by atoms with Crippen LogP contribution in [0.3, 0.4) is 0 Å². The minimum absolute atomic E-state index is 0.0623. The summed E-state index contributed by atoms with van der Waals surface area (Å²) in [6.45, 7) is 5.92. The Kier molecular flexibility index (Phi) is 14.5. The van der Waals surface area contributed by atoms with Crippen LogP contribution in [0.4, 0.5) is 8.78 Å². The highest BCUT2D eigenvalue weighted by atomic mass is 32.1. The summed E-state index contributed by atoms with van der Waals surface area (Å²) in [5.41, 5.74) is -4.45. The molecule has 3 saturated heterocycles. The van der Waals surface area contributed by atoms with Crippen molar-refractivity contribution in [3.63, 3.8) is 0 Å². The predicted molar refractivity (Wildman–Crippen MR) is 256 cm³/mol. The SMILES string of the molecule is CC(C)(C)C(NC(=O)c1cc2cc(C(F)(F)P(=O)(O)O)ccc2s1)C(=O)N1CCC[C@H]1C(=O)N1C[C@@H](Oc2ccccc2)C[C@H]1C(=O)NCCCC#Cc1cccc2c1CN(C1CCC(=O)NC1=O)C2=O. The van der Waals surface area contributed by atoms with Crippen molar-refractivity contribution in [3.05, 3.63) is 99.9 Å². The molecule has 7 amide bonds. The van der Waals surface area contributed by atoms with E-state index >= 15 is 0 Å². The van der Waals surface area contributed by atoms with Gasteiger partial charge in [-0.05, 0) is 84.5 Å². The van der Waals surface area contributed by atoms with E-state index in [1.165, 1.54) is 26.8 Å². The lowest BCUT2D eigenvalue weighted by molar-refractivity contribution is -0.148. The topological polar surface area (TPSA) is 232 Å². The second-order valence-corrected chi connectivity index (χ2v) is 21.9. The lowest BCUT2D eigenvalue weighted by Gasteiger charge is -2.36. The lowest BCUT2D eigenvalue weighted by Crippen LogP contribution is -2.59. The van der Waals surface area contributed by atoms with Crippen LogP contribution >= 0.6 is 18.9 Å². The number of unbranched alkanes of at least 4 members (excludes halogenated alkanes) is 1. The first-order valence-electron chi connectivity index (χ1n) is 23.3. The summed E-state index contributed by atoms with van der Waals surface area (Å²) in [6, 6.07) is 14.7. The van der Waals surface area contributed by atoms with Crippen molar-refractivity contribution >= 4 is 70.4 Å². The summed E-state index contributed by atoms with van der Waals surface area (Å²) >= 11 is 0.949. The number of nitrogens with one attached hydrogen (secondary N) is 3. The zero-order chi connectivity index (χ0) is 51.0. The molecule has 5 atom stereocenters. The van der Waals surface area contributed by atoms with Gasteiger partial charge < -0.3 is 39.9 Å². The van der Waals surface area contributed by atoms with E-state index in [4.69, 9.17) is 4.74 Å². The lowest BCUT2D eigenvalue weighted by atomic mass is 9.85. The van der Waals surface area contributed by atoms with E-state index in [1.54, 1.807) is 63.2 Å². The van der Waals surface area contributed by atoms with Gasteiger partial charge in [0.2, 0.25) is 29.5 Å². The molecule has 4 aliphatic heterocycles. The fourth-order valence-electron chi connectivity index (χ4n) is 9.44. The number of ether oxygens (including phenoxy) is 1. The number of alkyl halides is 2. The third-order valence-electron chi connectivity index (χ3n) is 13.1. The standard InChI is InChI=1S/C50H53F2N6O11PS/c1-49(2,3)42(55-45(62)40-25-30-24-31(18-20-39(30)71-40)50(51,52)70(66,67)68)48(65)56-23-11-17-37(56)47(64)57-27-33(69-32-14-7-4-8-15-32)26-38(57)43(60)53-22-9-5-6-12-29-13-10-16-34-35(29)28-58(46(34)63)36-19-21-41(59)54-44(36)61/h4,7-8,10,13-16,18,20,24-25,33,36-38,42H,5,9,11,17,19,21-23,26-28H2,1-3H3,(H,53,60)(H,55,62)(H,54,59,61)(H2,66,67,68)/t33-,36?,37-,38-,42?/m0/s1. The largest absolute Gasteiger partial charge is 0.488 e. The van der Waals surface area contributed by atoms with Gasteiger partial charge >= 0.3 is 13.3 Å². The molecular formula is C50H53F2N6O11PS. The Balaban J connectivity index is 0.923. The molecule has 0 bridgehead atoms. The zero-order valence-electron chi connectivity index (χ0n) is 39.1. The van der Waals surface area contributed by atoms with Crippen molar-refractivity contribution in [2.24, 2.45) is 5.41 Å². The molecule has 2 unspecified atom stereocenters. The van der Waals surface area contributed by atoms with Crippen molar-refractivity contribution in [2.75, 3.05) is 19.6 Å². The molecule has 1 aromatic heterocycles. The molecule has 0 radical (unpaired) electrons. The van der Waals surface area contributed by atoms with E-state index in [9.17, 15) is 56.7 Å². The van der Waals surface area contributed by atoms with Crippen molar-refractivity contribution in [2.45, 2.75) is 108 Å². The van der Waals surface area contributed by atoms with Gasteiger partial charge in [0.1, 0.15) is 36.0 Å². The summed E-state index contributed by atoms with van der Waals surface area (Å²) in [5, 5.41) is 8.20. The maximum absolute atomic E-state index is 14.7. The number of halogens is 2. The summed E-state index contributed by atoms with van der Waals surface area (Å²) in [5.74, 6) is 3.58.